The first-order valence-corrected chi connectivity index (χ1v) is 43.3. The molecule has 9 heterocycles. The molecule has 0 aliphatic carbocycles. The number of halogens is 2. The van der Waals surface area contributed by atoms with E-state index in [1.165, 1.54) is 6.07 Å². The average molecular weight is 1910 g/mol. The maximum Gasteiger partial charge on any atom is 0.330 e. The van der Waals surface area contributed by atoms with Crippen LogP contribution in [0.2, 0.25) is 10.0 Å². The molecule has 3 fully saturated rings. The highest BCUT2D eigenvalue weighted by Gasteiger charge is 2.53. The van der Waals surface area contributed by atoms with Crippen LogP contribution in [0.15, 0.2) is 115 Å². The van der Waals surface area contributed by atoms with Crippen LogP contribution in [-0.2, 0) is 62.1 Å². The lowest BCUT2D eigenvalue weighted by Gasteiger charge is -2.44. The van der Waals surface area contributed by atoms with Gasteiger partial charge in [-0.15, -0.1) is 0 Å². The molecule has 0 saturated carbocycles. The predicted octanol–water partition coefficient (Wildman–Crippen LogP) is 0.901. The Morgan fingerprint density at radius 3 is 1.60 bits per heavy atom. The minimum atomic E-state index is -2.61. The number of aliphatic carboxylic acids is 1. The molecule has 0 spiro atoms. The second-order valence-corrected chi connectivity index (χ2v) is 34.4. The Labute approximate surface area is 770 Å². The van der Waals surface area contributed by atoms with Crippen LogP contribution in [0.3, 0.4) is 0 Å². The number of hydrogen-bond donors (Lipinski definition) is 25. The summed E-state index contributed by atoms with van der Waals surface area (Å²) in [5.74, 6) is -20.3. The molecule has 43 nitrogen and oxygen atoms in total. The van der Waals surface area contributed by atoms with Crippen molar-refractivity contribution in [2.24, 2.45) is 11.7 Å². The van der Waals surface area contributed by atoms with E-state index in [2.05, 4.69) is 56.4 Å². The molecule has 16 rings (SSSR count). The van der Waals surface area contributed by atoms with Crippen molar-refractivity contribution in [3.63, 3.8) is 0 Å². The Balaban J connectivity index is 1.04. The van der Waals surface area contributed by atoms with E-state index in [9.17, 15) is 101 Å². The van der Waals surface area contributed by atoms with E-state index in [0.29, 0.717) is 18.8 Å². The van der Waals surface area contributed by atoms with Gasteiger partial charge in [-0.25, -0.2) is 4.79 Å². The summed E-state index contributed by atoms with van der Waals surface area (Å²) in [6, 6.07) is -1.36. The smallest absolute Gasteiger partial charge is 0.330 e. The van der Waals surface area contributed by atoms with Crippen LogP contribution in [0.4, 0.5) is 0 Å². The fourth-order valence-corrected chi connectivity index (χ4v) is 17.1. The molecule has 26 N–H and O–H groups in total. The fourth-order valence-electron chi connectivity index (χ4n) is 16.7. The zero-order valence-corrected chi connectivity index (χ0v) is 72.8. The molecule has 3 saturated heterocycles. The maximum atomic E-state index is 17.0. The van der Waals surface area contributed by atoms with E-state index in [0.717, 1.165) is 142 Å². The van der Waals surface area contributed by atoms with E-state index >= 15 is 24.0 Å². The highest BCUT2D eigenvalue weighted by atomic mass is 35.5. The summed E-state index contributed by atoms with van der Waals surface area (Å²) in [5.41, 5.74) is 2.02. The maximum absolute atomic E-state index is 17.0. The molecule has 0 aromatic heterocycles. The first-order chi connectivity index (χ1) is 63.8. The standard InChI is InChI=1S/C89H99Cl2N9O34/c1-33(2)9-7-5-4-6-8-10-59(109)94-68-75(115)72(112)57(31-102)131-88(68)134-79-54-25-40-26-55(79)128-51-18-14-38(23-47(51)91)78(133-87-67(93-34(3)104)74(114)71(111)56(30-101)130-87)69-85(123)98-65(86(124)125)45-28-42(106)29-53(129-89-77(117)76(116)73(113)58(32-103)132-89)60(45)44-21-36(12-15-48(44)107)62(81(119)100-69)95-83(121)64(40)96-82(120)63-39-19-41(105)27-43(20-39)126-52-24-35(11-16-49(52)108)61(92)80(118)99-66(84(122)97-63)70(110)37-13-17-50(127-54)46(90)22-37/h11-29,33,56-58,61-78,87-89,101-103,105-108,110-117H,4-10,30-32,92H2,1-3H3,(H,93,104)(H,94,109)(H,95,121)(H,96,120)(H,97,122)(H,98,123)(H,99,118)(H,100,119)(H,124,125)/t56-,57-,58-,61-,62+,63+,64-,65+,66-,67-,68-,69+,70-,71-,72-,73-,74-,75-,76+,77-,78-,87+,88+,89-/m1/s1. The van der Waals surface area contributed by atoms with Gasteiger partial charge in [0.2, 0.25) is 65.6 Å². The number of aliphatic hydroxyl groups excluding tert-OH is 11. The second-order valence-electron chi connectivity index (χ2n) is 33.6. The van der Waals surface area contributed by atoms with E-state index in [1.807, 2.05) is 0 Å². The lowest BCUT2D eigenvalue weighted by atomic mass is 9.89. The second kappa shape index (κ2) is 41.4. The van der Waals surface area contributed by atoms with Crippen molar-refractivity contribution in [3.05, 3.63) is 164 Å². The molecule has 24 atom stereocenters. The number of aromatic hydroxyl groups is 4. The van der Waals surface area contributed by atoms with Crippen LogP contribution in [0.25, 0.3) is 11.1 Å². The number of ether oxygens (including phenoxy) is 9. The molecule has 45 heteroatoms. The molecule has 9 aliphatic heterocycles. The number of phenolic OH excluding ortho intramolecular Hbond substituents is 4. The van der Waals surface area contributed by atoms with Gasteiger partial charge < -0.3 is 173 Å². The third kappa shape index (κ3) is 21.0. The van der Waals surface area contributed by atoms with Gasteiger partial charge >= 0.3 is 5.97 Å². The molecule has 0 unspecified atom stereocenters. The molecular weight excluding hydrogens is 1810 g/mol. The van der Waals surface area contributed by atoms with Crippen molar-refractivity contribution < 1.29 is 167 Å². The van der Waals surface area contributed by atoms with Crippen LogP contribution in [0.5, 0.6) is 69.0 Å². The number of carboxylic acid groups (broad SMARTS) is 1. The van der Waals surface area contributed by atoms with Gasteiger partial charge in [-0.3, -0.25) is 38.4 Å². The predicted molar refractivity (Wildman–Crippen MR) is 459 cm³/mol. The van der Waals surface area contributed by atoms with Gasteiger partial charge in [-0.2, -0.15) is 0 Å². The summed E-state index contributed by atoms with van der Waals surface area (Å²) >= 11 is 14.7. The summed E-state index contributed by atoms with van der Waals surface area (Å²) in [6.45, 7) is 1.97. The van der Waals surface area contributed by atoms with Crippen LogP contribution < -0.4 is 72.0 Å². The molecule has 17 bridgehead atoms. The lowest BCUT2D eigenvalue weighted by molar-refractivity contribution is -0.284. The molecule has 718 valence electrons. The van der Waals surface area contributed by atoms with Gasteiger partial charge in [0.05, 0.1) is 29.9 Å². The van der Waals surface area contributed by atoms with E-state index in [4.69, 9.17) is 71.6 Å². The van der Waals surface area contributed by atoms with E-state index < -0.39 is 338 Å². The largest absolute Gasteiger partial charge is 0.508 e. The number of carbonyl (C=O) groups is 9. The number of carboxylic acids is 1. The van der Waals surface area contributed by atoms with Gasteiger partial charge in [-0.05, 0) is 125 Å². The Morgan fingerprint density at radius 2 is 0.985 bits per heavy atom. The third-order valence-corrected chi connectivity index (χ3v) is 24.4. The Hall–Kier alpha value is -12.1. The highest BCUT2D eigenvalue weighted by Crippen LogP contribution is 2.51. The van der Waals surface area contributed by atoms with Crippen LogP contribution in [0, 0.1) is 5.92 Å². The fraction of sp³-hybridized carbons (Fsp3) is 0.427. The molecule has 0 radical (unpaired) electrons. The number of aliphatic hydroxyl groups is 11. The van der Waals surface area contributed by atoms with Crippen LogP contribution in [0.1, 0.15) is 147 Å². The molecule has 7 aromatic rings. The van der Waals surface area contributed by atoms with Crippen molar-refractivity contribution in [3.8, 4) is 80.1 Å². The van der Waals surface area contributed by atoms with Crippen molar-refractivity contribution >= 4 is 76.4 Å². The number of phenols is 4. The van der Waals surface area contributed by atoms with E-state index in [1.54, 1.807) is 0 Å². The molecule has 134 heavy (non-hydrogen) atoms. The normalized spacial score (nSPS) is 29.2. The summed E-state index contributed by atoms with van der Waals surface area (Å²) in [4.78, 5) is 139. The summed E-state index contributed by atoms with van der Waals surface area (Å²) < 4.78 is 57.4. The van der Waals surface area contributed by atoms with Gasteiger partial charge in [0, 0.05) is 42.2 Å². The van der Waals surface area contributed by atoms with Crippen molar-refractivity contribution in [1.29, 1.82) is 0 Å². The highest BCUT2D eigenvalue weighted by molar-refractivity contribution is 6.32. The number of carbonyl (C=O) groups excluding carboxylic acids is 8. The van der Waals surface area contributed by atoms with Crippen molar-refractivity contribution in [2.45, 2.75) is 212 Å². The van der Waals surface area contributed by atoms with E-state index in [-0.39, 0.29) is 17.5 Å². The minimum Gasteiger partial charge on any atom is -0.508 e. The zero-order valence-electron chi connectivity index (χ0n) is 71.3. The number of nitrogens with one attached hydrogen (secondary N) is 8. The van der Waals surface area contributed by atoms with Gasteiger partial charge in [-0.1, -0.05) is 93.4 Å². The van der Waals surface area contributed by atoms with Crippen molar-refractivity contribution in [2.75, 3.05) is 19.8 Å². The SMILES string of the molecule is CC(=O)N[C@H]1[C@H](O[C@@H]2c3ccc(c(Cl)c3)Oc3cc4cc(c3O[C@@H]3O[C@H](CO)[C@@H](O)[C@H](O)[C@H]3NC(=O)CCCCCCCC(C)C)Oc3ccc(cc3Cl)[C@@H](O)[C@H]3NC(=O)[C@H](N)c5ccc(O)c(c5)Oc5cc(O)cc(c5)[C@H](NC3=O)C(=O)N[C@H]4C(=O)N[C@@H]3C(=O)N[C@@H]2C(=O)N[C@H](C(=O)O)c2cc(O)cc(O[C@@H]4O[C@H](CO)[C@@H](O)[C@H](O)[C@H]4O)c2-c2cc3ccc2O)O[C@H](CO)[C@@H](O)[C@@H]1O. The number of rotatable bonds is 20. The number of benzene rings is 7. The summed E-state index contributed by atoms with van der Waals surface area (Å²) in [6.07, 6.45) is -26.9. The van der Waals surface area contributed by atoms with Gasteiger partial charge in [0.15, 0.2) is 35.3 Å². The van der Waals surface area contributed by atoms with Crippen LogP contribution in [-0.4, -0.2) is 259 Å². The van der Waals surface area contributed by atoms with Crippen LogP contribution >= 0.6 is 23.2 Å². The van der Waals surface area contributed by atoms with Gasteiger partial charge in [0.25, 0.3) is 0 Å². The van der Waals surface area contributed by atoms with Crippen molar-refractivity contribution in [1.82, 2.24) is 42.5 Å². The number of amides is 8. The Morgan fingerprint density at radius 1 is 0.470 bits per heavy atom. The summed E-state index contributed by atoms with van der Waals surface area (Å²) in [5, 5.41) is 202. The lowest BCUT2D eigenvalue weighted by Crippen LogP contribution is -2.65. The van der Waals surface area contributed by atoms with Gasteiger partial charge in [0.1, 0.15) is 162 Å². The number of unbranched alkanes of at least 4 members (excludes halogenated alkanes) is 4. The average Bonchev–Trinajstić information content (AvgIpc) is 1.05. The Kier molecular flexibility index (Phi) is 30.3. The molecular formula is C89H99Cl2N9O34. The number of nitrogens with two attached hydrogens (primary N) is 1. The third-order valence-electron chi connectivity index (χ3n) is 23.8. The minimum absolute atomic E-state index is 0.0568. The first kappa shape index (κ1) is 97.9. The monoisotopic (exact) mass is 1910 g/mol. The number of fused-ring (bicyclic) bond motifs is 14. The zero-order chi connectivity index (χ0) is 96.4. The number of hydrogen-bond acceptors (Lipinski definition) is 34. The topological polar surface area (TPSA) is 683 Å². The molecule has 8 amide bonds. The quantitative estimate of drug-likeness (QED) is 0.0471. The Bertz CT molecular complexity index is 5620. The summed E-state index contributed by atoms with van der Waals surface area (Å²) in [7, 11) is 0. The first-order valence-electron chi connectivity index (χ1n) is 42.6. The molecule has 7 aromatic carbocycles. The molecule has 9 aliphatic rings.